The molecule has 1 aliphatic carbocycles. The van der Waals surface area contributed by atoms with Crippen molar-refractivity contribution >= 4 is 28.1 Å². The Labute approximate surface area is 195 Å². The summed E-state index contributed by atoms with van der Waals surface area (Å²) >= 11 is 0. The fourth-order valence-corrected chi connectivity index (χ4v) is 4.90. The number of benzene rings is 2. The average Bonchev–Trinajstić information content (AvgIpc) is 3.14. The molecule has 1 amide bonds. The molecule has 2 aromatic carbocycles. The van der Waals surface area contributed by atoms with Gasteiger partial charge in [0.15, 0.2) is 0 Å². The molecular weight excluding hydrogens is 428 g/mol. The summed E-state index contributed by atoms with van der Waals surface area (Å²) in [6.45, 7) is 2.04. The van der Waals surface area contributed by atoms with Crippen LogP contribution >= 0.6 is 0 Å². The van der Waals surface area contributed by atoms with E-state index in [1.807, 2.05) is 49.4 Å². The molecule has 7 heteroatoms. The molecule has 3 heterocycles. The molecule has 0 fully saturated rings. The number of amides is 1. The fraction of sp³-hybridized carbons (Fsp3) is 0.148. The van der Waals surface area contributed by atoms with E-state index in [1.165, 1.54) is 16.8 Å². The molecule has 0 saturated heterocycles. The molecule has 168 valence electrons. The lowest BCUT2D eigenvalue weighted by molar-refractivity contribution is -0.114. The SMILES string of the molecule is COc1nc2ccccc2c(=O)n1N1C=C(c2ccccc2)n2c(C)cc3c2C(=CCC3)C1=O. The molecule has 6 rings (SSSR count). The van der Waals surface area contributed by atoms with Gasteiger partial charge in [-0.25, -0.2) is 5.01 Å². The molecule has 2 aromatic heterocycles. The minimum absolute atomic E-state index is 0.0423. The van der Waals surface area contributed by atoms with E-state index in [-0.39, 0.29) is 17.5 Å². The Morgan fingerprint density at radius 1 is 1.00 bits per heavy atom. The predicted octanol–water partition coefficient (Wildman–Crippen LogP) is 3.87. The van der Waals surface area contributed by atoms with Crippen molar-refractivity contribution in [3.63, 3.8) is 0 Å². The number of hydrogen-bond acceptors (Lipinski definition) is 4. The molecule has 0 N–H and O–H groups in total. The molecule has 0 spiro atoms. The number of aromatic nitrogens is 3. The van der Waals surface area contributed by atoms with Crippen LogP contribution in [-0.2, 0) is 11.2 Å². The lowest BCUT2D eigenvalue weighted by atomic mass is 9.96. The lowest BCUT2D eigenvalue weighted by Crippen LogP contribution is -2.44. The van der Waals surface area contributed by atoms with Crippen molar-refractivity contribution in [1.29, 1.82) is 0 Å². The quantitative estimate of drug-likeness (QED) is 0.475. The third kappa shape index (κ3) is 2.86. The summed E-state index contributed by atoms with van der Waals surface area (Å²) in [5.74, 6) is -0.302. The Morgan fingerprint density at radius 3 is 2.56 bits per heavy atom. The number of carbonyl (C=O) groups excluding carboxylic acids is 1. The van der Waals surface area contributed by atoms with Gasteiger partial charge in [0, 0.05) is 11.3 Å². The smallest absolute Gasteiger partial charge is 0.320 e. The minimum Gasteiger partial charge on any atom is -0.467 e. The van der Waals surface area contributed by atoms with Crippen molar-refractivity contribution in [3.05, 3.63) is 106 Å². The predicted molar refractivity (Wildman–Crippen MR) is 131 cm³/mol. The molecule has 0 bridgehead atoms. The second-order valence-electron chi connectivity index (χ2n) is 8.41. The van der Waals surface area contributed by atoms with Crippen molar-refractivity contribution in [2.24, 2.45) is 0 Å². The third-order valence-electron chi connectivity index (χ3n) is 6.40. The van der Waals surface area contributed by atoms with Crippen LogP contribution in [0.4, 0.5) is 0 Å². The monoisotopic (exact) mass is 450 g/mol. The van der Waals surface area contributed by atoms with Crippen LogP contribution in [0.25, 0.3) is 22.2 Å². The van der Waals surface area contributed by atoms with Crippen molar-refractivity contribution in [2.45, 2.75) is 19.8 Å². The number of para-hydroxylation sites is 1. The highest BCUT2D eigenvalue weighted by molar-refractivity contribution is 6.26. The summed E-state index contributed by atoms with van der Waals surface area (Å²) in [4.78, 5) is 32.2. The fourth-order valence-electron chi connectivity index (χ4n) is 4.90. The van der Waals surface area contributed by atoms with E-state index in [9.17, 15) is 9.59 Å². The molecular formula is C27H22N4O3. The van der Waals surface area contributed by atoms with Gasteiger partial charge in [0.25, 0.3) is 11.5 Å². The van der Waals surface area contributed by atoms with Gasteiger partial charge >= 0.3 is 6.01 Å². The van der Waals surface area contributed by atoms with E-state index in [4.69, 9.17) is 4.74 Å². The maximum Gasteiger partial charge on any atom is 0.320 e. The van der Waals surface area contributed by atoms with Crippen LogP contribution in [0.1, 0.15) is 28.9 Å². The molecule has 0 saturated carbocycles. The number of allylic oxidation sites excluding steroid dienone is 1. The van der Waals surface area contributed by atoms with Gasteiger partial charge in [0.2, 0.25) is 0 Å². The van der Waals surface area contributed by atoms with Crippen LogP contribution in [0.2, 0.25) is 0 Å². The van der Waals surface area contributed by atoms with Crippen LogP contribution in [-0.4, -0.2) is 27.2 Å². The van der Waals surface area contributed by atoms with Crippen molar-refractivity contribution < 1.29 is 9.53 Å². The Morgan fingerprint density at radius 2 is 1.76 bits per heavy atom. The molecule has 2 aliphatic rings. The first kappa shape index (κ1) is 20.2. The Bertz CT molecular complexity index is 1590. The zero-order chi connectivity index (χ0) is 23.4. The molecule has 34 heavy (non-hydrogen) atoms. The van der Waals surface area contributed by atoms with Gasteiger partial charge in [-0.05, 0) is 43.5 Å². The Kier molecular flexibility index (Phi) is 4.52. The van der Waals surface area contributed by atoms with E-state index in [2.05, 4.69) is 15.6 Å². The minimum atomic E-state index is -0.376. The summed E-state index contributed by atoms with van der Waals surface area (Å²) < 4.78 is 8.85. The zero-order valence-corrected chi connectivity index (χ0v) is 18.9. The largest absolute Gasteiger partial charge is 0.467 e. The molecule has 0 radical (unpaired) electrons. The van der Waals surface area contributed by atoms with Gasteiger partial charge in [-0.15, -0.1) is 0 Å². The Balaban J connectivity index is 1.70. The normalized spacial score (nSPS) is 15.0. The number of methoxy groups -OCH3 is 1. The average molecular weight is 450 g/mol. The first-order chi connectivity index (χ1) is 16.6. The van der Waals surface area contributed by atoms with E-state index in [0.717, 1.165) is 41.1 Å². The summed E-state index contributed by atoms with van der Waals surface area (Å²) in [5.41, 5.74) is 5.46. The number of hydrogen-bond donors (Lipinski definition) is 0. The summed E-state index contributed by atoms with van der Waals surface area (Å²) in [7, 11) is 1.45. The van der Waals surface area contributed by atoms with Gasteiger partial charge in [0.1, 0.15) is 0 Å². The number of nitrogens with zero attached hydrogens (tertiary/aromatic N) is 4. The number of aryl methyl sites for hydroxylation is 2. The topological polar surface area (TPSA) is 69.4 Å². The number of fused-ring (bicyclic) bond motifs is 1. The summed E-state index contributed by atoms with van der Waals surface area (Å²) in [6, 6.07) is 19.1. The van der Waals surface area contributed by atoms with E-state index in [0.29, 0.717) is 16.5 Å². The van der Waals surface area contributed by atoms with Crippen LogP contribution in [0.15, 0.2) is 77.7 Å². The van der Waals surface area contributed by atoms with Gasteiger partial charge in [-0.3, -0.25) is 9.59 Å². The van der Waals surface area contributed by atoms with Gasteiger partial charge < -0.3 is 9.30 Å². The number of ether oxygens (including phenoxy) is 1. The third-order valence-corrected chi connectivity index (χ3v) is 6.40. The van der Waals surface area contributed by atoms with Gasteiger partial charge in [-0.1, -0.05) is 48.5 Å². The number of rotatable bonds is 3. The van der Waals surface area contributed by atoms with Gasteiger partial charge in [-0.2, -0.15) is 9.66 Å². The molecule has 4 aromatic rings. The second kappa shape index (κ2) is 7.59. The zero-order valence-electron chi connectivity index (χ0n) is 18.9. The summed E-state index contributed by atoms with van der Waals surface area (Å²) in [6.07, 6.45) is 5.29. The molecule has 0 atom stereocenters. The molecule has 0 unspecified atom stereocenters. The first-order valence-electron chi connectivity index (χ1n) is 11.2. The maximum atomic E-state index is 14.0. The first-order valence-corrected chi connectivity index (χ1v) is 11.2. The van der Waals surface area contributed by atoms with E-state index >= 15 is 0 Å². The number of carbonyl (C=O) groups is 1. The van der Waals surface area contributed by atoms with Gasteiger partial charge in [0.05, 0.1) is 41.2 Å². The van der Waals surface area contributed by atoms with Crippen LogP contribution in [0, 0.1) is 6.92 Å². The van der Waals surface area contributed by atoms with Crippen molar-refractivity contribution in [3.8, 4) is 6.01 Å². The Hall–Kier alpha value is -4.39. The highest BCUT2D eigenvalue weighted by Crippen LogP contribution is 2.37. The lowest BCUT2D eigenvalue weighted by Gasteiger charge is -2.23. The highest BCUT2D eigenvalue weighted by Gasteiger charge is 2.34. The second-order valence-corrected chi connectivity index (χ2v) is 8.41. The van der Waals surface area contributed by atoms with Crippen LogP contribution in [0.3, 0.4) is 0 Å². The molecule has 1 aliphatic heterocycles. The standard InChI is InChI=1S/C27H22N4O3/c1-17-15-19-11-8-13-21-24(19)30(17)23(18-9-4-3-5-10-18)16-29(25(21)32)31-26(33)20-12-6-7-14-22(20)28-27(31)34-2/h3-7,9-10,12-16H,8,11H2,1-2H3. The maximum absolute atomic E-state index is 14.0. The van der Waals surface area contributed by atoms with Crippen molar-refractivity contribution in [1.82, 2.24) is 14.2 Å². The van der Waals surface area contributed by atoms with Crippen LogP contribution in [0.5, 0.6) is 6.01 Å². The van der Waals surface area contributed by atoms with E-state index < -0.39 is 0 Å². The van der Waals surface area contributed by atoms with Crippen molar-refractivity contribution in [2.75, 3.05) is 12.1 Å². The highest BCUT2D eigenvalue weighted by atomic mass is 16.5. The molecule has 7 nitrogen and oxygen atoms in total. The van der Waals surface area contributed by atoms with Crippen LogP contribution < -0.4 is 15.3 Å². The summed E-state index contributed by atoms with van der Waals surface area (Å²) in [5, 5.41) is 1.75. The van der Waals surface area contributed by atoms with E-state index in [1.54, 1.807) is 24.4 Å².